The molecule has 5 heteroatoms. The molecule has 1 aliphatic heterocycles. The molecule has 1 aromatic carbocycles. The molecule has 0 bridgehead atoms. The number of ether oxygens (including phenoxy) is 1. The molecule has 0 atom stereocenters. The maximum atomic E-state index is 12.6. The van der Waals surface area contributed by atoms with Gasteiger partial charge in [-0.2, -0.15) is 0 Å². The summed E-state index contributed by atoms with van der Waals surface area (Å²) in [6, 6.07) is 8.97. The van der Waals surface area contributed by atoms with Gasteiger partial charge < -0.3 is 9.64 Å². The quantitative estimate of drug-likeness (QED) is 0.853. The van der Waals surface area contributed by atoms with E-state index in [-0.39, 0.29) is 11.7 Å². The number of ketones is 1. The molecular formula is C15H13NO3S. The standard InChI is InChI=1S/C15H13NO3S/c1-19-10-8-14(20-9-10)15(18)16-7-6-13(17)11-4-2-3-5-12(11)16/h2-5,8-9H,6-7H2,1H3. The first-order valence-electron chi connectivity index (χ1n) is 6.27. The number of nitrogens with zero attached hydrogens (tertiary/aromatic N) is 1. The van der Waals surface area contributed by atoms with E-state index in [9.17, 15) is 9.59 Å². The van der Waals surface area contributed by atoms with Crippen molar-refractivity contribution < 1.29 is 14.3 Å². The summed E-state index contributed by atoms with van der Waals surface area (Å²) in [6.07, 6.45) is 0.366. The predicted molar refractivity (Wildman–Crippen MR) is 77.9 cm³/mol. The van der Waals surface area contributed by atoms with Crippen molar-refractivity contribution in [3.63, 3.8) is 0 Å². The van der Waals surface area contributed by atoms with Crippen molar-refractivity contribution in [2.75, 3.05) is 18.6 Å². The van der Waals surface area contributed by atoms with Gasteiger partial charge in [-0.1, -0.05) is 12.1 Å². The highest BCUT2D eigenvalue weighted by molar-refractivity contribution is 7.12. The molecule has 0 fully saturated rings. The van der Waals surface area contributed by atoms with E-state index in [1.807, 2.05) is 18.2 Å². The van der Waals surface area contributed by atoms with Crippen LogP contribution < -0.4 is 9.64 Å². The van der Waals surface area contributed by atoms with Gasteiger partial charge >= 0.3 is 0 Å². The number of fused-ring (bicyclic) bond motifs is 1. The Bertz CT molecular complexity index is 677. The number of amides is 1. The number of carbonyl (C=O) groups is 2. The third-order valence-electron chi connectivity index (χ3n) is 3.32. The molecule has 0 unspecified atom stereocenters. The van der Waals surface area contributed by atoms with E-state index in [0.29, 0.717) is 34.8 Å². The third-order valence-corrected chi connectivity index (χ3v) is 4.22. The first kappa shape index (κ1) is 12.9. The summed E-state index contributed by atoms with van der Waals surface area (Å²) >= 11 is 1.35. The minimum Gasteiger partial charge on any atom is -0.496 e. The number of benzene rings is 1. The molecule has 0 aliphatic carbocycles. The van der Waals surface area contributed by atoms with Crippen LogP contribution in [0.15, 0.2) is 35.7 Å². The van der Waals surface area contributed by atoms with Crippen LogP contribution in [0.2, 0.25) is 0 Å². The fourth-order valence-electron chi connectivity index (χ4n) is 2.30. The van der Waals surface area contributed by atoms with E-state index in [1.165, 1.54) is 11.3 Å². The van der Waals surface area contributed by atoms with Crippen LogP contribution in [-0.2, 0) is 0 Å². The van der Waals surface area contributed by atoms with E-state index >= 15 is 0 Å². The lowest BCUT2D eigenvalue weighted by Gasteiger charge is -2.28. The largest absolute Gasteiger partial charge is 0.496 e. The van der Waals surface area contributed by atoms with Gasteiger partial charge in [0.1, 0.15) is 5.75 Å². The van der Waals surface area contributed by atoms with Crippen molar-refractivity contribution in [1.29, 1.82) is 0 Å². The summed E-state index contributed by atoms with van der Waals surface area (Å²) in [5.74, 6) is 0.686. The summed E-state index contributed by atoms with van der Waals surface area (Å²) in [6.45, 7) is 0.425. The van der Waals surface area contributed by atoms with E-state index in [4.69, 9.17) is 4.74 Å². The number of hydrogen-bond donors (Lipinski definition) is 0. The van der Waals surface area contributed by atoms with E-state index in [1.54, 1.807) is 29.5 Å². The number of Topliss-reactive ketones (excluding diaryl/α,β-unsaturated/α-hetero) is 1. The molecule has 0 saturated heterocycles. The second kappa shape index (κ2) is 5.09. The van der Waals surface area contributed by atoms with Crippen LogP contribution in [0.25, 0.3) is 0 Å². The van der Waals surface area contributed by atoms with Crippen LogP contribution in [0, 0.1) is 0 Å². The van der Waals surface area contributed by atoms with Gasteiger partial charge in [-0.05, 0) is 12.1 Å². The summed E-state index contributed by atoms with van der Waals surface area (Å²) in [5, 5.41) is 1.80. The van der Waals surface area contributed by atoms with Gasteiger partial charge in [-0.3, -0.25) is 9.59 Å². The van der Waals surface area contributed by atoms with Crippen LogP contribution in [0.5, 0.6) is 5.75 Å². The molecule has 1 aromatic heterocycles. The lowest BCUT2D eigenvalue weighted by atomic mass is 10.0. The Morgan fingerprint density at radius 3 is 2.90 bits per heavy atom. The van der Waals surface area contributed by atoms with Crippen molar-refractivity contribution >= 4 is 28.7 Å². The predicted octanol–water partition coefficient (Wildman–Crippen LogP) is 2.99. The highest BCUT2D eigenvalue weighted by Gasteiger charge is 2.28. The summed E-state index contributed by atoms with van der Waals surface area (Å²) in [4.78, 5) is 26.7. The van der Waals surface area contributed by atoms with Crippen molar-refractivity contribution in [3.05, 3.63) is 46.2 Å². The van der Waals surface area contributed by atoms with Crippen LogP contribution in [0.3, 0.4) is 0 Å². The van der Waals surface area contributed by atoms with Crippen molar-refractivity contribution in [2.45, 2.75) is 6.42 Å². The number of methoxy groups -OCH3 is 1. The molecule has 2 heterocycles. The average molecular weight is 287 g/mol. The second-order valence-corrected chi connectivity index (χ2v) is 5.41. The van der Waals surface area contributed by atoms with Gasteiger partial charge in [-0.25, -0.2) is 0 Å². The fourth-order valence-corrected chi connectivity index (χ4v) is 3.10. The number of anilines is 1. The monoisotopic (exact) mass is 287 g/mol. The lowest BCUT2D eigenvalue weighted by Crippen LogP contribution is -2.37. The summed E-state index contributed by atoms with van der Waals surface area (Å²) in [5.41, 5.74) is 1.32. The molecule has 4 nitrogen and oxygen atoms in total. The Labute approximate surface area is 120 Å². The van der Waals surface area contributed by atoms with Gasteiger partial charge in [0.2, 0.25) is 0 Å². The fraction of sp³-hybridized carbons (Fsp3) is 0.200. The summed E-state index contributed by atoms with van der Waals surface area (Å²) < 4.78 is 5.10. The summed E-state index contributed by atoms with van der Waals surface area (Å²) in [7, 11) is 1.57. The maximum Gasteiger partial charge on any atom is 0.268 e. The number of carbonyl (C=O) groups excluding carboxylic acids is 2. The maximum absolute atomic E-state index is 12.6. The van der Waals surface area contributed by atoms with E-state index < -0.39 is 0 Å². The molecule has 0 N–H and O–H groups in total. The average Bonchev–Trinajstić information content (AvgIpc) is 2.96. The van der Waals surface area contributed by atoms with Gasteiger partial charge in [0.25, 0.3) is 5.91 Å². The molecule has 0 saturated carbocycles. The molecule has 3 rings (SSSR count). The first-order chi connectivity index (χ1) is 9.70. The first-order valence-corrected chi connectivity index (χ1v) is 7.15. The normalized spacial score (nSPS) is 14.1. The number of hydrogen-bond acceptors (Lipinski definition) is 4. The number of para-hydroxylation sites is 1. The molecule has 20 heavy (non-hydrogen) atoms. The number of rotatable bonds is 2. The molecule has 1 amide bonds. The number of thiophene rings is 1. The Kier molecular flexibility index (Phi) is 3.28. The minimum atomic E-state index is -0.0850. The third kappa shape index (κ3) is 2.10. The smallest absolute Gasteiger partial charge is 0.268 e. The zero-order chi connectivity index (χ0) is 14.1. The molecule has 2 aromatic rings. The topological polar surface area (TPSA) is 46.6 Å². The van der Waals surface area contributed by atoms with Gasteiger partial charge in [0, 0.05) is 30.0 Å². The molecule has 0 spiro atoms. The minimum absolute atomic E-state index is 0.0850. The molecule has 0 radical (unpaired) electrons. The second-order valence-electron chi connectivity index (χ2n) is 4.50. The zero-order valence-electron chi connectivity index (χ0n) is 11.0. The molecule has 1 aliphatic rings. The Hall–Kier alpha value is -2.14. The van der Waals surface area contributed by atoms with Crippen LogP contribution >= 0.6 is 11.3 Å². The van der Waals surface area contributed by atoms with Crippen molar-refractivity contribution in [3.8, 4) is 5.75 Å². The van der Waals surface area contributed by atoms with Crippen LogP contribution in [0.4, 0.5) is 5.69 Å². The highest BCUT2D eigenvalue weighted by Crippen LogP contribution is 2.30. The highest BCUT2D eigenvalue weighted by atomic mass is 32.1. The Morgan fingerprint density at radius 1 is 1.35 bits per heavy atom. The van der Waals surface area contributed by atoms with Crippen molar-refractivity contribution in [2.24, 2.45) is 0 Å². The van der Waals surface area contributed by atoms with Crippen molar-refractivity contribution in [1.82, 2.24) is 0 Å². The zero-order valence-corrected chi connectivity index (χ0v) is 11.8. The van der Waals surface area contributed by atoms with Crippen LogP contribution in [0.1, 0.15) is 26.5 Å². The van der Waals surface area contributed by atoms with E-state index in [0.717, 1.165) is 0 Å². The van der Waals surface area contributed by atoms with Gasteiger partial charge in [-0.15, -0.1) is 11.3 Å². The lowest BCUT2D eigenvalue weighted by molar-refractivity contribution is 0.0957. The SMILES string of the molecule is COc1csc(C(=O)N2CCC(=O)c3ccccc32)c1. The Morgan fingerprint density at radius 2 is 2.15 bits per heavy atom. The van der Waals surface area contributed by atoms with Crippen LogP contribution in [-0.4, -0.2) is 25.3 Å². The van der Waals surface area contributed by atoms with E-state index in [2.05, 4.69) is 0 Å². The molecule has 102 valence electrons. The Balaban J connectivity index is 1.97. The van der Waals surface area contributed by atoms with Gasteiger partial charge in [0.15, 0.2) is 5.78 Å². The van der Waals surface area contributed by atoms with Gasteiger partial charge in [0.05, 0.1) is 17.7 Å². The molecular weight excluding hydrogens is 274 g/mol.